The molecule has 0 unspecified atom stereocenters. The van der Waals surface area contributed by atoms with E-state index in [9.17, 15) is 4.79 Å². The van der Waals surface area contributed by atoms with Crippen LogP contribution in [-0.2, 0) is 16.1 Å². The molecule has 4 nitrogen and oxygen atoms in total. The fourth-order valence-corrected chi connectivity index (χ4v) is 5.30. The highest BCUT2D eigenvalue weighted by molar-refractivity contribution is 7.07. The summed E-state index contributed by atoms with van der Waals surface area (Å²) in [6.45, 7) is 3.86. The zero-order valence-corrected chi connectivity index (χ0v) is 15.9. The van der Waals surface area contributed by atoms with Crippen LogP contribution in [0.4, 0.5) is 0 Å². The summed E-state index contributed by atoms with van der Waals surface area (Å²) in [6.07, 6.45) is 9.01. The van der Waals surface area contributed by atoms with Gasteiger partial charge in [0.2, 0.25) is 5.91 Å². The standard InChI is InChI=1S/C20H30N2O2S/c23-19(5-4-17-3-1-2-11-24-17)22(14-16-6-12-25-15-16)18-13-20(18)7-9-21-10-8-20/h6,12,15,17-18,21H,1-5,7-11,13-14H2/t17-,18-/m0/s1. The highest BCUT2D eigenvalue weighted by Crippen LogP contribution is 2.56. The van der Waals surface area contributed by atoms with Crippen LogP contribution in [0.1, 0.15) is 56.9 Å². The lowest BCUT2D eigenvalue weighted by molar-refractivity contribution is -0.134. The number of nitrogens with one attached hydrogen (secondary N) is 1. The van der Waals surface area contributed by atoms with Gasteiger partial charge in [0, 0.05) is 25.6 Å². The Morgan fingerprint density at radius 2 is 2.24 bits per heavy atom. The molecule has 138 valence electrons. The van der Waals surface area contributed by atoms with Crippen LogP contribution in [0.2, 0.25) is 0 Å². The minimum atomic E-state index is 0.299. The summed E-state index contributed by atoms with van der Waals surface area (Å²) in [5.41, 5.74) is 1.68. The third kappa shape index (κ3) is 4.09. The Hall–Kier alpha value is -0.910. The second-order valence-corrected chi connectivity index (χ2v) is 8.79. The number of ether oxygens (including phenoxy) is 1. The van der Waals surface area contributed by atoms with Crippen molar-refractivity contribution in [3.05, 3.63) is 22.4 Å². The zero-order valence-electron chi connectivity index (χ0n) is 15.0. The summed E-state index contributed by atoms with van der Waals surface area (Å²) >= 11 is 1.72. The van der Waals surface area contributed by atoms with Crippen molar-refractivity contribution in [2.75, 3.05) is 19.7 Å². The van der Waals surface area contributed by atoms with Gasteiger partial charge in [0.15, 0.2) is 0 Å². The predicted octanol–water partition coefficient (Wildman–Crippen LogP) is 3.57. The summed E-state index contributed by atoms with van der Waals surface area (Å²) in [5, 5.41) is 7.76. The minimum Gasteiger partial charge on any atom is -0.378 e. The van der Waals surface area contributed by atoms with Crippen molar-refractivity contribution in [1.29, 1.82) is 0 Å². The van der Waals surface area contributed by atoms with Gasteiger partial charge < -0.3 is 15.0 Å². The quantitative estimate of drug-likeness (QED) is 0.841. The van der Waals surface area contributed by atoms with Gasteiger partial charge in [0.05, 0.1) is 6.10 Å². The van der Waals surface area contributed by atoms with E-state index in [1.165, 1.54) is 37.7 Å². The van der Waals surface area contributed by atoms with Crippen LogP contribution < -0.4 is 5.32 Å². The average Bonchev–Trinajstić information content (AvgIpc) is 3.08. The first-order valence-electron chi connectivity index (χ1n) is 9.90. The van der Waals surface area contributed by atoms with Gasteiger partial charge in [-0.2, -0.15) is 11.3 Å². The molecule has 1 N–H and O–H groups in total. The molecule has 0 bridgehead atoms. The highest BCUT2D eigenvalue weighted by atomic mass is 32.1. The average molecular weight is 363 g/mol. The Labute approximate surface area is 154 Å². The number of hydrogen-bond donors (Lipinski definition) is 1. The van der Waals surface area contributed by atoms with Crippen molar-refractivity contribution >= 4 is 17.2 Å². The van der Waals surface area contributed by atoms with E-state index in [2.05, 4.69) is 27.0 Å². The van der Waals surface area contributed by atoms with Gasteiger partial charge in [-0.15, -0.1) is 0 Å². The summed E-state index contributed by atoms with van der Waals surface area (Å²) in [7, 11) is 0. The first kappa shape index (κ1) is 17.5. The summed E-state index contributed by atoms with van der Waals surface area (Å²) in [4.78, 5) is 15.3. The second-order valence-electron chi connectivity index (χ2n) is 8.01. The number of thiophene rings is 1. The van der Waals surface area contributed by atoms with Gasteiger partial charge in [0.1, 0.15) is 0 Å². The van der Waals surface area contributed by atoms with E-state index in [-0.39, 0.29) is 0 Å². The van der Waals surface area contributed by atoms with Crippen LogP contribution in [-0.4, -0.2) is 42.6 Å². The molecule has 3 fully saturated rings. The number of carbonyl (C=O) groups excluding carboxylic acids is 1. The van der Waals surface area contributed by atoms with E-state index in [1.807, 2.05) is 0 Å². The lowest BCUT2D eigenvalue weighted by atomic mass is 9.93. The smallest absolute Gasteiger partial charge is 0.223 e. The fourth-order valence-electron chi connectivity index (χ4n) is 4.64. The van der Waals surface area contributed by atoms with Gasteiger partial charge >= 0.3 is 0 Å². The summed E-state index contributed by atoms with van der Waals surface area (Å²) in [5.74, 6) is 0.334. The number of piperidine rings is 1. The van der Waals surface area contributed by atoms with E-state index in [0.29, 0.717) is 29.9 Å². The maximum atomic E-state index is 13.1. The Bertz CT molecular complexity index is 562. The lowest BCUT2D eigenvalue weighted by Gasteiger charge is -2.30. The van der Waals surface area contributed by atoms with Crippen molar-refractivity contribution in [2.45, 2.75) is 70.1 Å². The molecule has 1 aromatic heterocycles. The van der Waals surface area contributed by atoms with Gasteiger partial charge in [-0.05, 0) is 85.8 Å². The maximum Gasteiger partial charge on any atom is 0.223 e. The number of carbonyl (C=O) groups is 1. The van der Waals surface area contributed by atoms with Crippen molar-refractivity contribution < 1.29 is 9.53 Å². The van der Waals surface area contributed by atoms with Crippen LogP contribution in [0.15, 0.2) is 16.8 Å². The van der Waals surface area contributed by atoms with Gasteiger partial charge in [-0.25, -0.2) is 0 Å². The van der Waals surface area contributed by atoms with Crippen LogP contribution in [0, 0.1) is 5.41 Å². The van der Waals surface area contributed by atoms with E-state index < -0.39 is 0 Å². The molecule has 1 aromatic rings. The van der Waals surface area contributed by atoms with Crippen molar-refractivity contribution in [3.8, 4) is 0 Å². The third-order valence-corrected chi connectivity index (χ3v) is 7.06. The van der Waals surface area contributed by atoms with Crippen molar-refractivity contribution in [2.24, 2.45) is 5.41 Å². The maximum absolute atomic E-state index is 13.1. The summed E-state index contributed by atoms with van der Waals surface area (Å²) in [6, 6.07) is 2.61. The van der Waals surface area contributed by atoms with E-state index >= 15 is 0 Å². The first-order chi connectivity index (χ1) is 12.3. The molecule has 1 amide bonds. The minimum absolute atomic E-state index is 0.299. The Morgan fingerprint density at radius 1 is 1.36 bits per heavy atom. The van der Waals surface area contributed by atoms with Crippen molar-refractivity contribution in [3.63, 3.8) is 0 Å². The molecule has 1 aliphatic carbocycles. The number of hydrogen-bond acceptors (Lipinski definition) is 4. The molecular weight excluding hydrogens is 332 g/mol. The molecule has 2 saturated heterocycles. The molecule has 0 aromatic carbocycles. The molecule has 2 atom stereocenters. The van der Waals surface area contributed by atoms with Crippen LogP contribution in [0.3, 0.4) is 0 Å². The Morgan fingerprint density at radius 3 is 2.96 bits per heavy atom. The molecule has 1 saturated carbocycles. The third-order valence-electron chi connectivity index (χ3n) is 6.33. The largest absolute Gasteiger partial charge is 0.378 e. The van der Waals surface area contributed by atoms with Crippen LogP contribution in [0.25, 0.3) is 0 Å². The number of nitrogens with zero attached hydrogens (tertiary/aromatic N) is 1. The van der Waals surface area contributed by atoms with Gasteiger partial charge in [0.25, 0.3) is 0 Å². The first-order valence-corrected chi connectivity index (χ1v) is 10.8. The van der Waals surface area contributed by atoms with E-state index in [1.54, 1.807) is 11.3 Å². The highest BCUT2D eigenvalue weighted by Gasteiger charge is 2.57. The molecule has 3 heterocycles. The van der Waals surface area contributed by atoms with E-state index in [4.69, 9.17) is 4.74 Å². The van der Waals surface area contributed by atoms with Gasteiger partial charge in [-0.3, -0.25) is 4.79 Å². The molecule has 4 rings (SSSR count). The molecule has 25 heavy (non-hydrogen) atoms. The Kier molecular flexibility index (Phi) is 5.44. The molecular formula is C20H30N2O2S. The topological polar surface area (TPSA) is 41.6 Å². The van der Waals surface area contributed by atoms with Crippen molar-refractivity contribution in [1.82, 2.24) is 10.2 Å². The van der Waals surface area contributed by atoms with Gasteiger partial charge in [-0.1, -0.05) is 0 Å². The fraction of sp³-hybridized carbons (Fsp3) is 0.750. The summed E-state index contributed by atoms with van der Waals surface area (Å²) < 4.78 is 5.82. The van der Waals surface area contributed by atoms with E-state index in [0.717, 1.165) is 39.1 Å². The SMILES string of the molecule is O=C(CC[C@@H]1CCCCO1)N(Cc1ccsc1)[C@H]1CC12CCNCC2. The molecule has 1 spiro atoms. The van der Waals surface area contributed by atoms with Crippen LogP contribution >= 0.6 is 11.3 Å². The molecule has 0 radical (unpaired) electrons. The molecule has 3 aliphatic rings. The zero-order chi connectivity index (χ0) is 17.1. The molecule has 5 heteroatoms. The monoisotopic (exact) mass is 362 g/mol. The Balaban J connectivity index is 1.39. The second kappa shape index (κ2) is 7.77. The lowest BCUT2D eigenvalue weighted by Crippen LogP contribution is -2.39. The predicted molar refractivity (Wildman–Crippen MR) is 101 cm³/mol. The number of amides is 1. The normalized spacial score (nSPS) is 28.0. The van der Waals surface area contributed by atoms with Crippen LogP contribution in [0.5, 0.6) is 0 Å². The number of rotatable bonds is 6. The molecule has 2 aliphatic heterocycles.